The molecule has 0 atom stereocenters. The largest absolute Gasteiger partial charge is 0.398 e. The van der Waals surface area contributed by atoms with E-state index in [0.717, 1.165) is 25.2 Å². The van der Waals surface area contributed by atoms with Crippen LogP contribution in [0.25, 0.3) is 0 Å². The molecule has 0 aromatic heterocycles. The number of benzene rings is 2. The lowest BCUT2D eigenvalue weighted by Gasteiger charge is -2.16. The maximum Gasteiger partial charge on any atom is 0.248 e. The maximum absolute atomic E-state index is 11.1. The molecule has 2 aromatic carbocycles. The quantitative estimate of drug-likeness (QED) is 0.834. The van der Waals surface area contributed by atoms with Crippen molar-refractivity contribution in [3.63, 3.8) is 0 Å². The van der Waals surface area contributed by atoms with Crippen LogP contribution in [0.5, 0.6) is 0 Å². The molecule has 0 saturated heterocycles. The standard InChI is InChI=1S/C16H17N3O/c17-15-7-11(16(18)20)5-6-14(15)10-19-8-12-3-1-2-4-13(12)9-19/h1-7H,8-10,17H2,(H2,18,20). The van der Waals surface area contributed by atoms with Crippen LogP contribution in [-0.2, 0) is 19.6 Å². The second-order valence-electron chi connectivity index (χ2n) is 5.19. The van der Waals surface area contributed by atoms with Crippen LogP contribution in [0, 0.1) is 0 Å². The molecule has 2 aromatic rings. The first-order valence-corrected chi connectivity index (χ1v) is 6.61. The maximum atomic E-state index is 11.1. The average molecular weight is 267 g/mol. The van der Waals surface area contributed by atoms with Crippen molar-refractivity contribution in [3.05, 3.63) is 64.7 Å². The van der Waals surface area contributed by atoms with Crippen molar-refractivity contribution in [1.82, 2.24) is 4.90 Å². The van der Waals surface area contributed by atoms with Gasteiger partial charge >= 0.3 is 0 Å². The van der Waals surface area contributed by atoms with E-state index in [-0.39, 0.29) is 0 Å². The molecule has 1 heterocycles. The zero-order valence-corrected chi connectivity index (χ0v) is 11.2. The number of nitrogens with zero attached hydrogens (tertiary/aromatic N) is 1. The number of hydrogen-bond donors (Lipinski definition) is 2. The Morgan fingerprint density at radius 3 is 2.30 bits per heavy atom. The van der Waals surface area contributed by atoms with Gasteiger partial charge in [-0.15, -0.1) is 0 Å². The number of rotatable bonds is 3. The van der Waals surface area contributed by atoms with E-state index in [9.17, 15) is 4.79 Å². The Labute approximate surface area is 118 Å². The summed E-state index contributed by atoms with van der Waals surface area (Å²) in [6.07, 6.45) is 0. The molecule has 0 fully saturated rings. The van der Waals surface area contributed by atoms with Crippen LogP contribution in [0.2, 0.25) is 0 Å². The van der Waals surface area contributed by atoms with Gasteiger partial charge in [-0.25, -0.2) is 0 Å². The SMILES string of the molecule is NC(=O)c1ccc(CN2Cc3ccccc3C2)c(N)c1. The third-order valence-electron chi connectivity index (χ3n) is 3.73. The number of nitrogens with two attached hydrogens (primary N) is 2. The summed E-state index contributed by atoms with van der Waals surface area (Å²) in [7, 11) is 0. The van der Waals surface area contributed by atoms with Gasteiger partial charge in [0.2, 0.25) is 5.91 Å². The molecule has 4 N–H and O–H groups in total. The van der Waals surface area contributed by atoms with E-state index in [1.165, 1.54) is 11.1 Å². The predicted molar refractivity (Wildman–Crippen MR) is 78.8 cm³/mol. The Morgan fingerprint density at radius 1 is 1.10 bits per heavy atom. The minimum atomic E-state index is -0.447. The third kappa shape index (κ3) is 2.38. The molecule has 1 aliphatic rings. The number of hydrogen-bond acceptors (Lipinski definition) is 3. The Morgan fingerprint density at radius 2 is 1.75 bits per heavy atom. The van der Waals surface area contributed by atoms with Gasteiger partial charge in [0, 0.05) is 30.9 Å². The Bertz CT molecular complexity index is 642. The van der Waals surface area contributed by atoms with Gasteiger partial charge in [0.05, 0.1) is 0 Å². The highest BCUT2D eigenvalue weighted by molar-refractivity contribution is 5.93. The van der Waals surface area contributed by atoms with Crippen molar-refractivity contribution in [2.24, 2.45) is 5.73 Å². The third-order valence-corrected chi connectivity index (χ3v) is 3.73. The minimum Gasteiger partial charge on any atom is -0.398 e. The predicted octanol–water partition coefficient (Wildman–Crippen LogP) is 1.88. The molecule has 0 saturated carbocycles. The van der Waals surface area contributed by atoms with Gasteiger partial charge in [-0.05, 0) is 28.8 Å². The van der Waals surface area contributed by atoms with E-state index < -0.39 is 5.91 Å². The molecule has 102 valence electrons. The lowest BCUT2D eigenvalue weighted by molar-refractivity contribution is 0.100. The van der Waals surface area contributed by atoms with Crippen LogP contribution in [-0.4, -0.2) is 10.8 Å². The van der Waals surface area contributed by atoms with Crippen LogP contribution in [0.3, 0.4) is 0 Å². The van der Waals surface area contributed by atoms with Crippen molar-refractivity contribution in [2.75, 3.05) is 5.73 Å². The van der Waals surface area contributed by atoms with Gasteiger partial charge in [-0.1, -0.05) is 30.3 Å². The highest BCUT2D eigenvalue weighted by atomic mass is 16.1. The van der Waals surface area contributed by atoms with Gasteiger partial charge in [0.15, 0.2) is 0 Å². The number of anilines is 1. The number of amides is 1. The van der Waals surface area contributed by atoms with Crippen LogP contribution in [0.1, 0.15) is 27.0 Å². The van der Waals surface area contributed by atoms with Crippen LogP contribution in [0.4, 0.5) is 5.69 Å². The second kappa shape index (κ2) is 4.98. The normalized spacial score (nSPS) is 14.2. The molecular weight excluding hydrogens is 250 g/mol. The number of carbonyl (C=O) groups is 1. The second-order valence-corrected chi connectivity index (χ2v) is 5.19. The summed E-state index contributed by atoms with van der Waals surface area (Å²) in [5, 5.41) is 0. The summed E-state index contributed by atoms with van der Waals surface area (Å²) >= 11 is 0. The van der Waals surface area contributed by atoms with Crippen LogP contribution >= 0.6 is 0 Å². The summed E-state index contributed by atoms with van der Waals surface area (Å²) < 4.78 is 0. The first-order valence-electron chi connectivity index (χ1n) is 6.61. The van der Waals surface area contributed by atoms with Crippen LogP contribution in [0.15, 0.2) is 42.5 Å². The van der Waals surface area contributed by atoms with Crippen molar-refractivity contribution < 1.29 is 4.79 Å². The highest BCUT2D eigenvalue weighted by Gasteiger charge is 2.19. The molecule has 3 rings (SSSR count). The van der Waals surface area contributed by atoms with Crippen LogP contribution < -0.4 is 11.5 Å². The number of fused-ring (bicyclic) bond motifs is 1. The van der Waals surface area contributed by atoms with E-state index in [4.69, 9.17) is 11.5 Å². The van der Waals surface area contributed by atoms with Gasteiger partial charge < -0.3 is 11.5 Å². The van der Waals surface area contributed by atoms with Gasteiger partial charge in [0.25, 0.3) is 0 Å². The lowest BCUT2D eigenvalue weighted by Crippen LogP contribution is -2.17. The van der Waals surface area contributed by atoms with Crippen molar-refractivity contribution in [1.29, 1.82) is 0 Å². The first kappa shape index (κ1) is 12.7. The molecule has 1 amide bonds. The summed E-state index contributed by atoms with van der Waals surface area (Å²) in [6, 6.07) is 13.7. The average Bonchev–Trinajstić information content (AvgIpc) is 2.83. The summed E-state index contributed by atoms with van der Waals surface area (Å²) in [5.74, 6) is -0.447. The molecule has 1 aliphatic heterocycles. The molecule has 20 heavy (non-hydrogen) atoms. The molecule has 4 heteroatoms. The zero-order chi connectivity index (χ0) is 14.1. The fraction of sp³-hybridized carbons (Fsp3) is 0.188. The molecule has 0 radical (unpaired) electrons. The van der Waals surface area contributed by atoms with E-state index in [2.05, 4.69) is 29.2 Å². The fourth-order valence-electron chi connectivity index (χ4n) is 2.65. The van der Waals surface area contributed by atoms with Gasteiger partial charge in [0.1, 0.15) is 0 Å². The zero-order valence-electron chi connectivity index (χ0n) is 11.2. The van der Waals surface area contributed by atoms with Crippen molar-refractivity contribution in [3.8, 4) is 0 Å². The molecule has 0 spiro atoms. The summed E-state index contributed by atoms with van der Waals surface area (Å²) in [4.78, 5) is 13.4. The van der Waals surface area contributed by atoms with Crippen molar-refractivity contribution >= 4 is 11.6 Å². The number of nitrogen functional groups attached to an aromatic ring is 1. The molecular formula is C16H17N3O. The minimum absolute atomic E-state index is 0.447. The lowest BCUT2D eigenvalue weighted by atomic mass is 10.1. The highest BCUT2D eigenvalue weighted by Crippen LogP contribution is 2.25. The Balaban J connectivity index is 1.75. The molecule has 0 unspecified atom stereocenters. The Kier molecular flexibility index (Phi) is 3.16. The fourth-order valence-corrected chi connectivity index (χ4v) is 2.65. The first-order chi connectivity index (χ1) is 9.63. The molecule has 0 bridgehead atoms. The monoisotopic (exact) mass is 267 g/mol. The molecule has 0 aliphatic carbocycles. The smallest absolute Gasteiger partial charge is 0.248 e. The van der Waals surface area contributed by atoms with Gasteiger partial charge in [-0.2, -0.15) is 0 Å². The van der Waals surface area contributed by atoms with E-state index in [1.54, 1.807) is 12.1 Å². The Hall–Kier alpha value is -2.33. The van der Waals surface area contributed by atoms with E-state index >= 15 is 0 Å². The van der Waals surface area contributed by atoms with Crippen molar-refractivity contribution in [2.45, 2.75) is 19.6 Å². The number of carbonyl (C=O) groups excluding carboxylic acids is 1. The number of primary amides is 1. The summed E-state index contributed by atoms with van der Waals surface area (Å²) in [6.45, 7) is 2.65. The van der Waals surface area contributed by atoms with Gasteiger partial charge in [-0.3, -0.25) is 9.69 Å². The van der Waals surface area contributed by atoms with E-state index in [0.29, 0.717) is 11.3 Å². The topological polar surface area (TPSA) is 72.4 Å². The summed E-state index contributed by atoms with van der Waals surface area (Å²) in [5.41, 5.74) is 16.1. The molecule has 4 nitrogen and oxygen atoms in total. The van der Waals surface area contributed by atoms with E-state index in [1.807, 2.05) is 6.07 Å².